The van der Waals surface area contributed by atoms with Crippen molar-refractivity contribution in [3.8, 4) is 0 Å². The Morgan fingerprint density at radius 3 is 2.20 bits per heavy atom. The van der Waals surface area contributed by atoms with E-state index in [0.717, 1.165) is 25.7 Å². The highest BCUT2D eigenvalue weighted by Crippen LogP contribution is 2.36. The van der Waals surface area contributed by atoms with Crippen molar-refractivity contribution in [1.82, 2.24) is 4.90 Å². The lowest BCUT2D eigenvalue weighted by Crippen LogP contribution is -2.58. The molecule has 0 unspecified atom stereocenters. The average molecular weight is 229 g/mol. The molecule has 0 aromatic heterocycles. The molecule has 0 bridgehead atoms. The minimum absolute atomic E-state index is 0.0881. The fourth-order valence-electron chi connectivity index (χ4n) is 2.51. The van der Waals surface area contributed by atoms with Crippen molar-refractivity contribution in [2.24, 2.45) is 0 Å². The summed E-state index contributed by atoms with van der Waals surface area (Å²) in [5.41, 5.74) is -0.574. The second-order valence-electron chi connectivity index (χ2n) is 4.21. The third-order valence-electron chi connectivity index (χ3n) is 3.25. The topological polar surface area (TPSA) is 57.6 Å². The van der Waals surface area contributed by atoms with Crippen LogP contribution in [0.1, 0.15) is 25.7 Å². The van der Waals surface area contributed by atoms with Gasteiger partial charge in [-0.2, -0.15) is 0 Å². The number of hydrogen-bond donors (Lipinski definition) is 1. The second kappa shape index (κ2) is 4.14. The fraction of sp³-hybridized carbons (Fsp3) is 0.800. The molecule has 1 aliphatic heterocycles. The predicted molar refractivity (Wildman–Crippen MR) is 57.5 cm³/mol. The number of carbonyl (C=O) groups is 2. The van der Waals surface area contributed by atoms with Crippen LogP contribution in [-0.4, -0.2) is 45.5 Å². The van der Waals surface area contributed by atoms with Crippen molar-refractivity contribution < 1.29 is 14.7 Å². The van der Waals surface area contributed by atoms with Crippen molar-refractivity contribution in [1.29, 1.82) is 0 Å². The Kier molecular flexibility index (Phi) is 3.02. The molecular formula is C10H15NO3S. The largest absolute Gasteiger partial charge is 0.394 e. The quantitative estimate of drug-likeness (QED) is 0.696. The number of nitrogens with zero attached hydrogens (tertiary/aromatic N) is 1. The van der Waals surface area contributed by atoms with Crippen molar-refractivity contribution in [3.05, 3.63) is 0 Å². The maximum Gasteiger partial charge on any atom is 0.239 e. The van der Waals surface area contributed by atoms with Gasteiger partial charge in [0.15, 0.2) is 0 Å². The van der Waals surface area contributed by atoms with Gasteiger partial charge in [0.25, 0.3) is 0 Å². The van der Waals surface area contributed by atoms with Gasteiger partial charge in [-0.05, 0) is 12.8 Å². The summed E-state index contributed by atoms with van der Waals surface area (Å²) in [4.78, 5) is 24.8. The van der Waals surface area contributed by atoms with Crippen LogP contribution in [0.25, 0.3) is 0 Å². The van der Waals surface area contributed by atoms with Crippen LogP contribution in [0.5, 0.6) is 0 Å². The van der Waals surface area contributed by atoms with E-state index in [1.807, 2.05) is 0 Å². The number of rotatable bonds is 2. The molecule has 1 aliphatic carbocycles. The van der Waals surface area contributed by atoms with Crippen LogP contribution in [0.4, 0.5) is 0 Å². The summed E-state index contributed by atoms with van der Waals surface area (Å²) in [6.45, 7) is -0.0881. The maximum atomic E-state index is 11.7. The summed E-state index contributed by atoms with van der Waals surface area (Å²) < 4.78 is 0. The van der Waals surface area contributed by atoms with Crippen LogP contribution in [0.3, 0.4) is 0 Å². The molecule has 4 nitrogen and oxygen atoms in total. The van der Waals surface area contributed by atoms with Gasteiger partial charge in [-0.3, -0.25) is 14.5 Å². The first-order valence-electron chi connectivity index (χ1n) is 5.24. The van der Waals surface area contributed by atoms with Crippen molar-refractivity contribution >= 4 is 23.6 Å². The molecule has 84 valence electrons. The summed E-state index contributed by atoms with van der Waals surface area (Å²) >= 11 is 1.36. The molecule has 1 saturated carbocycles. The molecule has 2 rings (SSSR count). The molecule has 0 atom stereocenters. The molecule has 0 radical (unpaired) electrons. The first-order chi connectivity index (χ1) is 7.19. The summed E-state index contributed by atoms with van der Waals surface area (Å²) in [7, 11) is 0. The molecule has 1 heterocycles. The zero-order valence-corrected chi connectivity index (χ0v) is 9.39. The van der Waals surface area contributed by atoms with E-state index >= 15 is 0 Å². The van der Waals surface area contributed by atoms with E-state index in [-0.39, 0.29) is 18.4 Å². The highest BCUT2D eigenvalue weighted by molar-refractivity contribution is 8.00. The number of amides is 2. The third-order valence-corrected chi connectivity index (χ3v) is 4.15. The van der Waals surface area contributed by atoms with Crippen LogP contribution in [0.15, 0.2) is 0 Å². The summed E-state index contributed by atoms with van der Waals surface area (Å²) in [6.07, 6.45) is 3.49. The molecule has 15 heavy (non-hydrogen) atoms. The van der Waals surface area contributed by atoms with Crippen LogP contribution in [0, 0.1) is 0 Å². The smallest absolute Gasteiger partial charge is 0.239 e. The van der Waals surface area contributed by atoms with E-state index in [0.29, 0.717) is 11.5 Å². The average Bonchev–Trinajstić information content (AvgIpc) is 2.67. The molecular weight excluding hydrogens is 214 g/mol. The molecule has 1 saturated heterocycles. The number of hydrogen-bond acceptors (Lipinski definition) is 4. The van der Waals surface area contributed by atoms with Gasteiger partial charge >= 0.3 is 0 Å². The molecule has 5 heteroatoms. The van der Waals surface area contributed by atoms with Crippen molar-refractivity contribution in [2.75, 3.05) is 18.1 Å². The Hall–Kier alpha value is -0.550. The number of carbonyl (C=O) groups excluding carboxylic acids is 2. The summed E-state index contributed by atoms with van der Waals surface area (Å²) in [5.74, 6) is 0.473. The first-order valence-corrected chi connectivity index (χ1v) is 6.40. The van der Waals surface area contributed by atoms with Gasteiger partial charge < -0.3 is 5.11 Å². The van der Waals surface area contributed by atoms with Gasteiger partial charge in [0.2, 0.25) is 11.8 Å². The maximum absolute atomic E-state index is 11.7. The molecule has 2 fully saturated rings. The van der Waals surface area contributed by atoms with Crippen LogP contribution in [-0.2, 0) is 9.59 Å². The Balaban J connectivity index is 2.25. The third kappa shape index (κ3) is 1.78. The normalized spacial score (nSPS) is 26.1. The van der Waals surface area contributed by atoms with Crippen molar-refractivity contribution in [2.45, 2.75) is 31.2 Å². The highest BCUT2D eigenvalue weighted by Gasteiger charge is 2.46. The van der Waals surface area contributed by atoms with E-state index in [1.54, 1.807) is 0 Å². The molecule has 0 spiro atoms. The lowest BCUT2D eigenvalue weighted by atomic mass is 9.96. The number of thioether (sulfide) groups is 1. The minimum Gasteiger partial charge on any atom is -0.394 e. The van der Waals surface area contributed by atoms with Gasteiger partial charge in [-0.15, -0.1) is 11.8 Å². The molecule has 1 N–H and O–H groups in total. The van der Waals surface area contributed by atoms with Crippen LogP contribution < -0.4 is 0 Å². The lowest BCUT2D eigenvalue weighted by Gasteiger charge is -2.40. The summed E-state index contributed by atoms with van der Waals surface area (Å²) in [6, 6.07) is 0. The van der Waals surface area contributed by atoms with Crippen LogP contribution in [0.2, 0.25) is 0 Å². The van der Waals surface area contributed by atoms with E-state index in [9.17, 15) is 14.7 Å². The molecule has 2 amide bonds. The van der Waals surface area contributed by atoms with E-state index < -0.39 is 5.54 Å². The highest BCUT2D eigenvalue weighted by atomic mass is 32.2. The lowest BCUT2D eigenvalue weighted by molar-refractivity contribution is -0.151. The van der Waals surface area contributed by atoms with Crippen molar-refractivity contribution in [3.63, 3.8) is 0 Å². The molecule has 0 aromatic carbocycles. The standard InChI is InChI=1S/C10H15NO3S/c12-7-10(3-1-2-4-10)11-8(13)5-15-6-9(11)14/h12H,1-7H2. The second-order valence-corrected chi connectivity index (χ2v) is 5.19. The SMILES string of the molecule is O=C1CSCC(=O)N1C1(CO)CCCC1. The van der Waals surface area contributed by atoms with Crippen LogP contribution >= 0.6 is 11.8 Å². The summed E-state index contributed by atoms with van der Waals surface area (Å²) in [5, 5.41) is 9.45. The van der Waals surface area contributed by atoms with E-state index in [2.05, 4.69) is 0 Å². The molecule has 2 aliphatic rings. The number of imide groups is 1. The molecule has 0 aromatic rings. The zero-order chi connectivity index (χ0) is 10.9. The number of aliphatic hydroxyl groups is 1. The predicted octanol–water partition coefficient (Wildman–Crippen LogP) is 0.393. The van der Waals surface area contributed by atoms with E-state index in [1.165, 1.54) is 16.7 Å². The Morgan fingerprint density at radius 1 is 1.20 bits per heavy atom. The van der Waals surface area contributed by atoms with E-state index in [4.69, 9.17) is 0 Å². The van der Waals surface area contributed by atoms with Gasteiger partial charge in [0, 0.05) is 0 Å². The first kappa shape index (κ1) is 11.0. The Labute approximate surface area is 93.0 Å². The number of aliphatic hydroxyl groups excluding tert-OH is 1. The Morgan fingerprint density at radius 2 is 1.73 bits per heavy atom. The van der Waals surface area contributed by atoms with Gasteiger partial charge in [0.05, 0.1) is 23.7 Å². The minimum atomic E-state index is -0.574. The monoisotopic (exact) mass is 229 g/mol. The zero-order valence-electron chi connectivity index (χ0n) is 8.57. The van der Waals surface area contributed by atoms with Gasteiger partial charge in [-0.25, -0.2) is 0 Å². The van der Waals surface area contributed by atoms with Gasteiger partial charge in [-0.1, -0.05) is 12.8 Å². The Bertz CT molecular complexity index is 270. The fourth-order valence-corrected chi connectivity index (χ4v) is 3.22. The van der Waals surface area contributed by atoms with Gasteiger partial charge in [0.1, 0.15) is 0 Å².